The Morgan fingerprint density at radius 3 is 2.21 bits per heavy atom. The van der Waals surface area contributed by atoms with E-state index in [2.05, 4.69) is 10.00 Å². The summed E-state index contributed by atoms with van der Waals surface area (Å²) < 4.78 is 25.7. The smallest absolute Gasteiger partial charge is 0.262 e. The van der Waals surface area contributed by atoms with Crippen LogP contribution in [-0.2, 0) is 14.6 Å². The molecule has 34 heavy (non-hydrogen) atoms. The van der Waals surface area contributed by atoms with Gasteiger partial charge in [-0.3, -0.25) is 24.0 Å². The monoisotopic (exact) mass is 485 g/mol. The van der Waals surface area contributed by atoms with Crippen LogP contribution < -0.4 is 4.90 Å². The van der Waals surface area contributed by atoms with Crippen LogP contribution in [0.15, 0.2) is 24.3 Å². The first-order chi connectivity index (χ1) is 16.2. The lowest BCUT2D eigenvalue weighted by molar-refractivity contribution is -0.131. The Hall–Kier alpha value is -3.21. The SMILES string of the molecule is Cc1nn(C2CCS(=O)(=O)C2)c(C)c1N1CCN(C(=O)CN2C(=O)c3ccccc3C2=O)CC1. The number of sulfone groups is 1. The molecule has 1 atom stereocenters. The van der Waals surface area contributed by atoms with E-state index < -0.39 is 21.7 Å². The van der Waals surface area contributed by atoms with Crippen LogP contribution in [0.25, 0.3) is 0 Å². The number of amides is 3. The maximum atomic E-state index is 12.9. The van der Waals surface area contributed by atoms with Gasteiger partial charge in [0, 0.05) is 26.2 Å². The maximum absolute atomic E-state index is 12.9. The van der Waals surface area contributed by atoms with Crippen molar-refractivity contribution in [1.29, 1.82) is 0 Å². The molecular weight excluding hydrogens is 458 g/mol. The molecule has 1 aromatic heterocycles. The summed E-state index contributed by atoms with van der Waals surface area (Å²) in [5.74, 6) is -0.803. The number of anilines is 1. The summed E-state index contributed by atoms with van der Waals surface area (Å²) in [5, 5.41) is 4.64. The summed E-state index contributed by atoms with van der Waals surface area (Å²) in [7, 11) is -3.01. The molecule has 11 heteroatoms. The van der Waals surface area contributed by atoms with E-state index in [4.69, 9.17) is 0 Å². The molecule has 2 fully saturated rings. The predicted octanol–water partition coefficient (Wildman–Crippen LogP) is 0.804. The molecule has 2 saturated heterocycles. The van der Waals surface area contributed by atoms with E-state index in [0.29, 0.717) is 43.7 Å². The van der Waals surface area contributed by atoms with Gasteiger partial charge in [0.15, 0.2) is 9.84 Å². The average molecular weight is 486 g/mol. The molecule has 3 aliphatic heterocycles. The minimum absolute atomic E-state index is 0.120. The van der Waals surface area contributed by atoms with Gasteiger partial charge >= 0.3 is 0 Å². The van der Waals surface area contributed by atoms with Crippen molar-refractivity contribution in [1.82, 2.24) is 19.6 Å². The Bertz CT molecular complexity index is 1260. The molecule has 0 saturated carbocycles. The Balaban J connectivity index is 1.23. The van der Waals surface area contributed by atoms with E-state index in [1.807, 2.05) is 18.5 Å². The summed E-state index contributed by atoms with van der Waals surface area (Å²) in [4.78, 5) is 42.9. The molecule has 180 valence electrons. The molecule has 3 amide bonds. The number of carbonyl (C=O) groups is 3. The van der Waals surface area contributed by atoms with Gasteiger partial charge in [-0.15, -0.1) is 0 Å². The first kappa shape index (κ1) is 22.6. The molecule has 0 spiro atoms. The molecule has 0 N–H and O–H groups in total. The van der Waals surface area contributed by atoms with E-state index in [1.54, 1.807) is 29.2 Å². The molecule has 3 aliphatic rings. The molecule has 5 rings (SSSR count). The minimum Gasteiger partial charge on any atom is -0.365 e. The van der Waals surface area contributed by atoms with Crippen molar-refractivity contribution in [2.45, 2.75) is 26.3 Å². The van der Waals surface area contributed by atoms with Crippen LogP contribution in [0.1, 0.15) is 44.6 Å². The lowest BCUT2D eigenvalue weighted by Gasteiger charge is -2.36. The first-order valence-corrected chi connectivity index (χ1v) is 13.2. The summed E-state index contributed by atoms with van der Waals surface area (Å²) in [6.45, 7) is 5.71. The van der Waals surface area contributed by atoms with Crippen molar-refractivity contribution in [2.24, 2.45) is 0 Å². The number of piperazine rings is 1. The molecule has 0 aliphatic carbocycles. The van der Waals surface area contributed by atoms with E-state index in [-0.39, 0.29) is 30.0 Å². The lowest BCUT2D eigenvalue weighted by Crippen LogP contribution is -2.52. The van der Waals surface area contributed by atoms with Crippen LogP contribution in [0.2, 0.25) is 0 Å². The second-order valence-corrected chi connectivity index (χ2v) is 11.4. The van der Waals surface area contributed by atoms with Gasteiger partial charge in [0.05, 0.1) is 45.7 Å². The fraction of sp³-hybridized carbons (Fsp3) is 0.478. The van der Waals surface area contributed by atoms with Crippen molar-refractivity contribution in [2.75, 3.05) is 49.1 Å². The zero-order chi connectivity index (χ0) is 24.2. The zero-order valence-corrected chi connectivity index (χ0v) is 20.0. The number of rotatable bonds is 4. The van der Waals surface area contributed by atoms with Crippen molar-refractivity contribution < 1.29 is 22.8 Å². The van der Waals surface area contributed by atoms with Crippen LogP contribution in [0.5, 0.6) is 0 Å². The van der Waals surface area contributed by atoms with Gasteiger partial charge < -0.3 is 9.80 Å². The third-order valence-electron chi connectivity index (χ3n) is 6.96. The van der Waals surface area contributed by atoms with Gasteiger partial charge in [-0.25, -0.2) is 8.42 Å². The Kier molecular flexibility index (Phi) is 5.46. The van der Waals surface area contributed by atoms with Crippen molar-refractivity contribution in [3.05, 3.63) is 46.8 Å². The summed E-state index contributed by atoms with van der Waals surface area (Å²) in [6.07, 6.45) is 0.573. The van der Waals surface area contributed by atoms with E-state index in [9.17, 15) is 22.8 Å². The van der Waals surface area contributed by atoms with Crippen LogP contribution in [0.4, 0.5) is 5.69 Å². The van der Waals surface area contributed by atoms with Gasteiger partial charge in [-0.1, -0.05) is 12.1 Å². The Morgan fingerprint density at radius 2 is 1.65 bits per heavy atom. The lowest BCUT2D eigenvalue weighted by atomic mass is 10.1. The van der Waals surface area contributed by atoms with Crippen molar-refractivity contribution in [3.8, 4) is 0 Å². The van der Waals surface area contributed by atoms with Crippen molar-refractivity contribution in [3.63, 3.8) is 0 Å². The Labute approximate surface area is 198 Å². The molecule has 1 aromatic carbocycles. The minimum atomic E-state index is -3.01. The number of hydrogen-bond acceptors (Lipinski definition) is 7. The summed E-state index contributed by atoms with van der Waals surface area (Å²) in [5.41, 5.74) is 3.43. The van der Waals surface area contributed by atoms with Gasteiger partial charge in [-0.05, 0) is 32.4 Å². The normalized spacial score (nSPS) is 21.9. The molecule has 10 nitrogen and oxygen atoms in total. The topological polar surface area (TPSA) is 113 Å². The average Bonchev–Trinajstić information content (AvgIpc) is 3.41. The number of aryl methyl sites for hydroxylation is 1. The van der Waals surface area contributed by atoms with Crippen LogP contribution in [0.3, 0.4) is 0 Å². The maximum Gasteiger partial charge on any atom is 0.262 e. The quantitative estimate of drug-likeness (QED) is 0.589. The van der Waals surface area contributed by atoms with Gasteiger partial charge in [0.2, 0.25) is 5.91 Å². The molecule has 4 heterocycles. The van der Waals surface area contributed by atoms with Gasteiger partial charge in [0.25, 0.3) is 11.8 Å². The standard InChI is InChI=1S/C23H27N5O5S/c1-15-21(16(2)28(24-15)17-7-12-34(32,33)14-17)26-10-8-25(9-11-26)20(29)13-27-22(30)18-5-3-4-6-19(18)23(27)31/h3-6,17H,7-14H2,1-2H3. The highest BCUT2D eigenvalue weighted by atomic mass is 32.2. The molecule has 1 unspecified atom stereocenters. The molecular formula is C23H27N5O5S. The highest BCUT2D eigenvalue weighted by molar-refractivity contribution is 7.91. The zero-order valence-electron chi connectivity index (χ0n) is 19.2. The number of nitrogens with zero attached hydrogens (tertiary/aromatic N) is 5. The van der Waals surface area contributed by atoms with Gasteiger partial charge in [-0.2, -0.15) is 5.10 Å². The van der Waals surface area contributed by atoms with Crippen LogP contribution in [-0.4, -0.2) is 89.9 Å². The van der Waals surface area contributed by atoms with E-state index in [0.717, 1.165) is 22.0 Å². The first-order valence-electron chi connectivity index (χ1n) is 11.4. The molecule has 0 radical (unpaired) electrons. The van der Waals surface area contributed by atoms with E-state index >= 15 is 0 Å². The Morgan fingerprint density at radius 1 is 1.03 bits per heavy atom. The van der Waals surface area contributed by atoms with Crippen LogP contribution in [0, 0.1) is 13.8 Å². The largest absolute Gasteiger partial charge is 0.365 e. The molecule has 2 aromatic rings. The summed E-state index contributed by atoms with van der Waals surface area (Å²) in [6, 6.07) is 6.47. The third-order valence-corrected chi connectivity index (χ3v) is 8.71. The number of benzene rings is 1. The number of fused-ring (bicyclic) bond motifs is 1. The number of carbonyl (C=O) groups excluding carboxylic acids is 3. The predicted molar refractivity (Wildman–Crippen MR) is 125 cm³/mol. The fourth-order valence-corrected chi connectivity index (χ4v) is 6.93. The number of hydrogen-bond donors (Lipinski definition) is 0. The highest BCUT2D eigenvalue weighted by Crippen LogP contribution is 2.32. The van der Waals surface area contributed by atoms with E-state index in [1.165, 1.54) is 0 Å². The van der Waals surface area contributed by atoms with Crippen LogP contribution >= 0.6 is 0 Å². The number of aromatic nitrogens is 2. The van der Waals surface area contributed by atoms with Gasteiger partial charge in [0.1, 0.15) is 6.54 Å². The fourth-order valence-electron chi connectivity index (χ4n) is 5.23. The third kappa shape index (κ3) is 3.77. The van der Waals surface area contributed by atoms with Crippen molar-refractivity contribution >= 4 is 33.2 Å². The molecule has 0 bridgehead atoms. The second-order valence-electron chi connectivity index (χ2n) is 9.13. The second kappa shape index (κ2) is 8.23. The number of imide groups is 1. The highest BCUT2D eigenvalue weighted by Gasteiger charge is 2.38. The summed E-state index contributed by atoms with van der Waals surface area (Å²) >= 11 is 0.